The van der Waals surface area contributed by atoms with E-state index in [1.54, 1.807) is 18.3 Å². The van der Waals surface area contributed by atoms with Crippen molar-refractivity contribution in [1.29, 1.82) is 0 Å². The molecule has 0 aromatic carbocycles. The number of carbonyl (C=O) groups is 1. The van der Waals surface area contributed by atoms with Crippen molar-refractivity contribution in [3.05, 3.63) is 18.3 Å². The fraction of sp³-hybridized carbons (Fsp3) is 0.538. The first kappa shape index (κ1) is 13.2. The normalized spacial score (nSPS) is 16.4. The molecule has 0 spiro atoms. The summed E-state index contributed by atoms with van der Waals surface area (Å²) in [5, 5.41) is 3.81. The minimum Gasteiger partial charge on any atom is -0.397 e. The molecule has 1 aliphatic carbocycles. The average Bonchev–Trinajstić information content (AvgIpc) is 2.39. The minimum atomic E-state index is 0.0805. The maximum Gasteiger partial charge on any atom is 0.230 e. The van der Waals surface area contributed by atoms with Gasteiger partial charge in [-0.1, -0.05) is 31.0 Å². The molecule has 0 aliphatic heterocycles. The number of rotatable bonds is 4. The zero-order chi connectivity index (χ0) is 12.8. The topological polar surface area (TPSA) is 68.0 Å². The van der Waals surface area contributed by atoms with Crippen molar-refractivity contribution in [3.63, 3.8) is 0 Å². The van der Waals surface area contributed by atoms with Crippen LogP contribution in [0.2, 0.25) is 0 Å². The van der Waals surface area contributed by atoms with Gasteiger partial charge in [-0.25, -0.2) is 4.98 Å². The summed E-state index contributed by atoms with van der Waals surface area (Å²) in [5.74, 6) is 0.467. The van der Waals surface area contributed by atoms with Crippen LogP contribution < -0.4 is 11.1 Å². The van der Waals surface area contributed by atoms with Gasteiger partial charge < -0.3 is 11.1 Å². The van der Waals surface area contributed by atoms with Crippen LogP contribution in [0.15, 0.2) is 23.4 Å². The lowest BCUT2D eigenvalue weighted by atomic mass is 9.95. The van der Waals surface area contributed by atoms with E-state index in [0.29, 0.717) is 17.5 Å². The van der Waals surface area contributed by atoms with Crippen molar-refractivity contribution in [2.75, 3.05) is 11.5 Å². The van der Waals surface area contributed by atoms with E-state index in [4.69, 9.17) is 5.73 Å². The molecule has 2 rings (SSSR count). The lowest BCUT2D eigenvalue weighted by molar-refractivity contribution is -0.119. The van der Waals surface area contributed by atoms with E-state index in [9.17, 15) is 4.79 Å². The molecule has 0 unspecified atom stereocenters. The molecule has 0 saturated heterocycles. The Morgan fingerprint density at radius 3 is 2.94 bits per heavy atom. The standard InChI is InChI=1S/C13H19N3OS/c14-11-7-4-8-15-13(11)18-9-12(17)16-10-5-2-1-3-6-10/h4,7-8,10H,1-3,5-6,9,14H2,(H,16,17). The van der Waals surface area contributed by atoms with E-state index in [2.05, 4.69) is 10.3 Å². The second-order valence-corrected chi connectivity index (χ2v) is 5.55. The molecule has 98 valence electrons. The van der Waals surface area contributed by atoms with Gasteiger partial charge in [-0.2, -0.15) is 0 Å². The van der Waals surface area contributed by atoms with Crippen LogP contribution in [0.1, 0.15) is 32.1 Å². The number of aromatic nitrogens is 1. The molecule has 1 aliphatic rings. The fourth-order valence-electron chi connectivity index (χ4n) is 2.17. The summed E-state index contributed by atoms with van der Waals surface area (Å²) in [6.45, 7) is 0. The summed E-state index contributed by atoms with van der Waals surface area (Å²) < 4.78 is 0. The molecule has 0 atom stereocenters. The SMILES string of the molecule is Nc1cccnc1SCC(=O)NC1CCCCC1. The highest BCUT2D eigenvalue weighted by atomic mass is 32.2. The predicted molar refractivity (Wildman–Crippen MR) is 74.4 cm³/mol. The van der Waals surface area contributed by atoms with Crippen molar-refractivity contribution in [2.45, 2.75) is 43.2 Å². The number of carbonyl (C=O) groups excluding carboxylic acids is 1. The molecule has 5 heteroatoms. The van der Waals surface area contributed by atoms with Crippen LogP contribution in [0.5, 0.6) is 0 Å². The molecule has 0 radical (unpaired) electrons. The molecule has 1 amide bonds. The number of nitrogens with zero attached hydrogens (tertiary/aromatic N) is 1. The summed E-state index contributed by atoms with van der Waals surface area (Å²) in [6, 6.07) is 3.96. The zero-order valence-electron chi connectivity index (χ0n) is 10.4. The van der Waals surface area contributed by atoms with Gasteiger partial charge in [0.05, 0.1) is 11.4 Å². The smallest absolute Gasteiger partial charge is 0.230 e. The number of hydrogen-bond donors (Lipinski definition) is 2. The number of nitrogen functional groups attached to an aromatic ring is 1. The predicted octanol–water partition coefficient (Wildman–Crippen LogP) is 2.20. The van der Waals surface area contributed by atoms with Crippen LogP contribution in [0, 0.1) is 0 Å². The Bertz CT molecular complexity index is 405. The third-order valence-electron chi connectivity index (χ3n) is 3.11. The molecule has 1 aromatic heterocycles. The first-order valence-electron chi connectivity index (χ1n) is 6.38. The summed E-state index contributed by atoms with van der Waals surface area (Å²) in [6.07, 6.45) is 7.67. The summed E-state index contributed by atoms with van der Waals surface area (Å²) in [5.41, 5.74) is 6.41. The Balaban J connectivity index is 1.76. The van der Waals surface area contributed by atoms with Gasteiger partial charge in [0.15, 0.2) is 0 Å². The Hall–Kier alpha value is -1.23. The largest absolute Gasteiger partial charge is 0.397 e. The van der Waals surface area contributed by atoms with Crippen molar-refractivity contribution in [2.24, 2.45) is 0 Å². The highest BCUT2D eigenvalue weighted by Crippen LogP contribution is 2.22. The molecule has 1 fully saturated rings. The first-order chi connectivity index (χ1) is 8.75. The molecular formula is C13H19N3OS. The van der Waals surface area contributed by atoms with Gasteiger partial charge >= 0.3 is 0 Å². The number of hydrogen-bond acceptors (Lipinski definition) is 4. The number of nitrogens with two attached hydrogens (primary N) is 1. The van der Waals surface area contributed by atoms with E-state index in [1.165, 1.54) is 31.0 Å². The Labute approximate surface area is 112 Å². The lowest BCUT2D eigenvalue weighted by Gasteiger charge is -2.22. The van der Waals surface area contributed by atoms with Gasteiger partial charge in [-0.05, 0) is 25.0 Å². The quantitative estimate of drug-likeness (QED) is 0.819. The lowest BCUT2D eigenvalue weighted by Crippen LogP contribution is -2.37. The molecular weight excluding hydrogens is 246 g/mol. The van der Waals surface area contributed by atoms with Crippen LogP contribution >= 0.6 is 11.8 Å². The average molecular weight is 265 g/mol. The number of anilines is 1. The summed E-state index contributed by atoms with van der Waals surface area (Å²) >= 11 is 1.40. The van der Waals surface area contributed by atoms with Crippen LogP contribution in [-0.2, 0) is 4.79 Å². The van der Waals surface area contributed by atoms with Crippen LogP contribution in [0.4, 0.5) is 5.69 Å². The van der Waals surface area contributed by atoms with E-state index in [0.717, 1.165) is 17.9 Å². The number of amides is 1. The minimum absolute atomic E-state index is 0.0805. The second kappa shape index (κ2) is 6.64. The van der Waals surface area contributed by atoms with Crippen molar-refractivity contribution in [1.82, 2.24) is 10.3 Å². The third-order valence-corrected chi connectivity index (χ3v) is 4.13. The molecule has 4 nitrogen and oxygen atoms in total. The van der Waals surface area contributed by atoms with Gasteiger partial charge in [0.1, 0.15) is 5.03 Å². The summed E-state index contributed by atoms with van der Waals surface area (Å²) in [7, 11) is 0. The molecule has 18 heavy (non-hydrogen) atoms. The van der Waals surface area contributed by atoms with Gasteiger partial charge in [0.25, 0.3) is 0 Å². The van der Waals surface area contributed by atoms with E-state index >= 15 is 0 Å². The third kappa shape index (κ3) is 3.91. The van der Waals surface area contributed by atoms with E-state index in [1.807, 2.05) is 0 Å². The first-order valence-corrected chi connectivity index (χ1v) is 7.37. The molecule has 0 bridgehead atoms. The van der Waals surface area contributed by atoms with E-state index in [-0.39, 0.29) is 5.91 Å². The maximum absolute atomic E-state index is 11.8. The van der Waals surface area contributed by atoms with Crippen molar-refractivity contribution in [3.8, 4) is 0 Å². The fourth-order valence-corrected chi connectivity index (χ4v) is 2.90. The van der Waals surface area contributed by atoms with E-state index < -0.39 is 0 Å². The molecule has 1 heterocycles. The Kier molecular flexibility index (Phi) is 4.87. The van der Waals surface area contributed by atoms with Gasteiger partial charge in [-0.15, -0.1) is 0 Å². The van der Waals surface area contributed by atoms with Crippen LogP contribution in [0.25, 0.3) is 0 Å². The zero-order valence-corrected chi connectivity index (χ0v) is 11.2. The number of nitrogens with one attached hydrogen (secondary N) is 1. The number of pyridine rings is 1. The number of thioether (sulfide) groups is 1. The summed E-state index contributed by atoms with van der Waals surface area (Å²) in [4.78, 5) is 16.0. The van der Waals surface area contributed by atoms with Gasteiger partial charge in [-0.3, -0.25) is 4.79 Å². The van der Waals surface area contributed by atoms with Gasteiger partial charge in [0, 0.05) is 12.2 Å². The Morgan fingerprint density at radius 2 is 2.22 bits per heavy atom. The maximum atomic E-state index is 11.8. The van der Waals surface area contributed by atoms with Crippen LogP contribution in [-0.4, -0.2) is 22.7 Å². The van der Waals surface area contributed by atoms with Crippen molar-refractivity contribution >= 4 is 23.4 Å². The van der Waals surface area contributed by atoms with Gasteiger partial charge in [0.2, 0.25) is 5.91 Å². The second-order valence-electron chi connectivity index (χ2n) is 4.59. The Morgan fingerprint density at radius 1 is 1.44 bits per heavy atom. The van der Waals surface area contributed by atoms with Crippen molar-refractivity contribution < 1.29 is 4.79 Å². The molecule has 3 N–H and O–H groups in total. The highest BCUT2D eigenvalue weighted by molar-refractivity contribution is 8.00. The van der Waals surface area contributed by atoms with Crippen LogP contribution in [0.3, 0.4) is 0 Å². The monoisotopic (exact) mass is 265 g/mol. The molecule has 1 aromatic rings. The molecule has 1 saturated carbocycles. The highest BCUT2D eigenvalue weighted by Gasteiger charge is 2.15.